The summed E-state index contributed by atoms with van der Waals surface area (Å²) in [6, 6.07) is 23.6. The Bertz CT molecular complexity index is 1250. The zero-order chi connectivity index (χ0) is 23.9. The van der Waals surface area contributed by atoms with Gasteiger partial charge in [-0.3, -0.25) is 9.36 Å². The van der Waals surface area contributed by atoms with Gasteiger partial charge in [0, 0.05) is 11.4 Å². The van der Waals surface area contributed by atoms with Crippen LogP contribution in [0.2, 0.25) is 0 Å². The normalized spacial score (nSPS) is 11.7. The zero-order valence-electron chi connectivity index (χ0n) is 18.9. The largest absolute Gasteiger partial charge is 0.480 e. The van der Waals surface area contributed by atoms with Gasteiger partial charge in [-0.25, -0.2) is 4.39 Å². The summed E-state index contributed by atoms with van der Waals surface area (Å²) in [6.45, 7) is 3.88. The lowest BCUT2D eigenvalue weighted by molar-refractivity contribution is -0.113. The number of aryl methyl sites for hydroxylation is 1. The first kappa shape index (κ1) is 23.5. The molecular weight excluding hydrogens is 451 g/mol. The number of para-hydroxylation sites is 2. The van der Waals surface area contributed by atoms with Gasteiger partial charge in [0.1, 0.15) is 0 Å². The Morgan fingerprint density at radius 1 is 1.03 bits per heavy atom. The van der Waals surface area contributed by atoms with Gasteiger partial charge in [-0.2, -0.15) is 0 Å². The lowest BCUT2D eigenvalue weighted by Gasteiger charge is -2.17. The van der Waals surface area contributed by atoms with Crippen molar-refractivity contribution in [3.8, 4) is 11.4 Å². The molecular formula is C26H25FN4O2S. The average molecular weight is 477 g/mol. The summed E-state index contributed by atoms with van der Waals surface area (Å²) < 4.78 is 21.8. The number of carbonyl (C=O) groups excluding carboxylic acids is 1. The number of hydrogen-bond donors (Lipinski definition) is 1. The quantitative estimate of drug-likeness (QED) is 0.307. The Morgan fingerprint density at radius 2 is 1.74 bits per heavy atom. The second-order valence-corrected chi connectivity index (χ2v) is 8.53. The molecule has 6 nitrogen and oxygen atoms in total. The molecule has 0 bridgehead atoms. The van der Waals surface area contributed by atoms with E-state index >= 15 is 0 Å². The summed E-state index contributed by atoms with van der Waals surface area (Å²) in [5.41, 5.74) is 2.78. The number of benzene rings is 3. The van der Waals surface area contributed by atoms with E-state index in [1.54, 1.807) is 25.1 Å². The SMILES string of the molecule is CCc1ccc(NC(=O)CSc2nnc(C(C)Oc3ccccc3F)n2-c2ccccc2)cc1. The predicted octanol–water partition coefficient (Wildman–Crippen LogP) is 5.84. The molecule has 1 heterocycles. The molecule has 1 aromatic heterocycles. The Labute approximate surface area is 202 Å². The minimum atomic E-state index is -0.579. The van der Waals surface area contributed by atoms with Crippen molar-refractivity contribution in [2.45, 2.75) is 31.5 Å². The van der Waals surface area contributed by atoms with Gasteiger partial charge in [-0.15, -0.1) is 10.2 Å². The summed E-state index contributed by atoms with van der Waals surface area (Å²) in [7, 11) is 0. The van der Waals surface area contributed by atoms with Crippen LogP contribution in [0.4, 0.5) is 10.1 Å². The molecule has 34 heavy (non-hydrogen) atoms. The van der Waals surface area contributed by atoms with Crippen molar-refractivity contribution in [1.29, 1.82) is 0 Å². The van der Waals surface area contributed by atoms with Crippen molar-refractivity contribution in [2.75, 3.05) is 11.1 Å². The monoisotopic (exact) mass is 476 g/mol. The number of halogens is 1. The molecule has 0 aliphatic carbocycles. The van der Waals surface area contributed by atoms with Crippen LogP contribution in [-0.4, -0.2) is 26.4 Å². The van der Waals surface area contributed by atoms with Gasteiger partial charge in [-0.05, 0) is 55.3 Å². The second kappa shape index (κ2) is 11.0. The summed E-state index contributed by atoms with van der Waals surface area (Å²) in [6.07, 6.45) is 0.366. The predicted molar refractivity (Wildman–Crippen MR) is 132 cm³/mol. The van der Waals surface area contributed by atoms with E-state index in [-0.39, 0.29) is 17.4 Å². The van der Waals surface area contributed by atoms with E-state index in [1.165, 1.54) is 23.4 Å². The van der Waals surface area contributed by atoms with Gasteiger partial charge < -0.3 is 10.1 Å². The first-order valence-corrected chi connectivity index (χ1v) is 12.0. The fourth-order valence-corrected chi connectivity index (χ4v) is 4.15. The molecule has 1 atom stereocenters. The lowest BCUT2D eigenvalue weighted by atomic mass is 10.1. The highest BCUT2D eigenvalue weighted by atomic mass is 32.2. The van der Waals surface area contributed by atoms with Crippen LogP contribution in [-0.2, 0) is 11.2 Å². The van der Waals surface area contributed by atoms with Crippen molar-refractivity contribution < 1.29 is 13.9 Å². The van der Waals surface area contributed by atoms with Gasteiger partial charge >= 0.3 is 0 Å². The van der Waals surface area contributed by atoms with E-state index in [0.717, 1.165) is 17.8 Å². The van der Waals surface area contributed by atoms with E-state index in [0.29, 0.717) is 11.0 Å². The van der Waals surface area contributed by atoms with Gasteiger partial charge in [0.25, 0.3) is 0 Å². The number of nitrogens with one attached hydrogen (secondary N) is 1. The van der Waals surface area contributed by atoms with E-state index < -0.39 is 11.9 Å². The van der Waals surface area contributed by atoms with Gasteiger partial charge in [0.15, 0.2) is 28.7 Å². The molecule has 3 aromatic carbocycles. The maximum Gasteiger partial charge on any atom is 0.234 e. The average Bonchev–Trinajstić information content (AvgIpc) is 3.29. The number of hydrogen-bond acceptors (Lipinski definition) is 5. The summed E-state index contributed by atoms with van der Waals surface area (Å²) in [4.78, 5) is 12.6. The molecule has 4 rings (SSSR count). The molecule has 0 saturated heterocycles. The molecule has 0 spiro atoms. The second-order valence-electron chi connectivity index (χ2n) is 7.59. The van der Waals surface area contributed by atoms with Gasteiger partial charge in [0.05, 0.1) is 5.75 Å². The summed E-state index contributed by atoms with van der Waals surface area (Å²) >= 11 is 1.27. The maximum absolute atomic E-state index is 14.1. The van der Waals surface area contributed by atoms with Crippen molar-refractivity contribution in [1.82, 2.24) is 14.8 Å². The Morgan fingerprint density at radius 3 is 2.44 bits per heavy atom. The molecule has 1 amide bonds. The Kier molecular flexibility index (Phi) is 7.59. The highest BCUT2D eigenvalue weighted by Crippen LogP contribution is 2.29. The molecule has 4 aromatic rings. The first-order valence-electron chi connectivity index (χ1n) is 11.0. The third-order valence-electron chi connectivity index (χ3n) is 5.16. The number of ether oxygens (including phenoxy) is 1. The highest BCUT2D eigenvalue weighted by Gasteiger charge is 2.22. The standard InChI is InChI=1S/C26H25FN4O2S/c1-3-19-13-15-20(16-14-19)28-24(32)17-34-26-30-29-25(31(26)21-9-5-4-6-10-21)18(2)33-23-12-8-7-11-22(23)27/h4-16,18H,3,17H2,1-2H3,(H,28,32). The maximum atomic E-state index is 14.1. The number of rotatable bonds is 9. The van der Waals surface area contributed by atoms with Crippen LogP contribution in [0.1, 0.15) is 31.3 Å². The topological polar surface area (TPSA) is 69.0 Å². The van der Waals surface area contributed by atoms with E-state index in [9.17, 15) is 9.18 Å². The van der Waals surface area contributed by atoms with Crippen LogP contribution in [0.25, 0.3) is 5.69 Å². The van der Waals surface area contributed by atoms with E-state index in [1.807, 2.05) is 59.2 Å². The van der Waals surface area contributed by atoms with Crippen molar-refractivity contribution in [3.63, 3.8) is 0 Å². The van der Waals surface area contributed by atoms with Crippen LogP contribution in [0.5, 0.6) is 5.75 Å². The molecule has 1 N–H and O–H groups in total. The molecule has 0 saturated carbocycles. The van der Waals surface area contributed by atoms with Gasteiger partial charge in [-0.1, -0.05) is 61.2 Å². The smallest absolute Gasteiger partial charge is 0.234 e. The van der Waals surface area contributed by atoms with E-state index in [2.05, 4.69) is 22.4 Å². The molecule has 8 heteroatoms. The van der Waals surface area contributed by atoms with Crippen molar-refractivity contribution in [3.05, 3.63) is 96.1 Å². The summed E-state index contributed by atoms with van der Waals surface area (Å²) in [5.74, 6) is 0.212. The lowest BCUT2D eigenvalue weighted by Crippen LogP contribution is -2.15. The number of aromatic nitrogens is 3. The number of carbonyl (C=O) groups is 1. The molecule has 0 aliphatic rings. The Hall–Kier alpha value is -3.65. The molecule has 0 fully saturated rings. The number of nitrogens with zero attached hydrogens (tertiary/aromatic N) is 3. The van der Waals surface area contributed by atoms with E-state index in [4.69, 9.17) is 4.74 Å². The van der Waals surface area contributed by atoms with Crippen molar-refractivity contribution >= 4 is 23.4 Å². The third kappa shape index (κ3) is 5.63. The molecule has 1 unspecified atom stereocenters. The van der Waals surface area contributed by atoms with Crippen molar-refractivity contribution in [2.24, 2.45) is 0 Å². The van der Waals surface area contributed by atoms with Crippen LogP contribution in [0.3, 0.4) is 0 Å². The fourth-order valence-electron chi connectivity index (χ4n) is 3.39. The molecule has 174 valence electrons. The highest BCUT2D eigenvalue weighted by molar-refractivity contribution is 7.99. The number of thioether (sulfide) groups is 1. The molecule has 0 aliphatic heterocycles. The number of anilines is 1. The zero-order valence-corrected chi connectivity index (χ0v) is 19.8. The first-order chi connectivity index (χ1) is 16.5. The molecule has 0 radical (unpaired) electrons. The van der Waals surface area contributed by atoms with Crippen LogP contribution in [0.15, 0.2) is 84.0 Å². The fraction of sp³-hybridized carbons (Fsp3) is 0.192. The minimum absolute atomic E-state index is 0.139. The van der Waals surface area contributed by atoms with Crippen LogP contribution in [0, 0.1) is 5.82 Å². The van der Waals surface area contributed by atoms with Crippen LogP contribution >= 0.6 is 11.8 Å². The van der Waals surface area contributed by atoms with Crippen LogP contribution < -0.4 is 10.1 Å². The minimum Gasteiger partial charge on any atom is -0.480 e. The summed E-state index contributed by atoms with van der Waals surface area (Å²) in [5, 5.41) is 12.1. The third-order valence-corrected chi connectivity index (χ3v) is 6.08. The number of amides is 1. The Balaban J connectivity index is 1.52. The van der Waals surface area contributed by atoms with Gasteiger partial charge in [0.2, 0.25) is 5.91 Å².